The van der Waals surface area contributed by atoms with Gasteiger partial charge in [0.25, 0.3) is 0 Å². The summed E-state index contributed by atoms with van der Waals surface area (Å²) in [6.07, 6.45) is 68.9. The van der Waals surface area contributed by atoms with Crippen LogP contribution in [0.15, 0.2) is 24.3 Å². The summed E-state index contributed by atoms with van der Waals surface area (Å²) in [7, 11) is 0. The van der Waals surface area contributed by atoms with Crippen molar-refractivity contribution >= 4 is 17.9 Å². The van der Waals surface area contributed by atoms with Gasteiger partial charge < -0.3 is 14.2 Å². The Kier molecular flexibility index (Phi) is 56.7. The van der Waals surface area contributed by atoms with Crippen molar-refractivity contribution < 1.29 is 28.6 Å². The van der Waals surface area contributed by atoms with E-state index in [2.05, 4.69) is 45.1 Å². The van der Waals surface area contributed by atoms with Gasteiger partial charge in [0.15, 0.2) is 6.10 Å². The molecule has 0 N–H and O–H groups in total. The summed E-state index contributed by atoms with van der Waals surface area (Å²) in [5, 5.41) is 0. The van der Waals surface area contributed by atoms with Crippen molar-refractivity contribution in [2.45, 2.75) is 348 Å². The normalized spacial score (nSPS) is 12.1. The van der Waals surface area contributed by atoms with Crippen molar-refractivity contribution in [3.63, 3.8) is 0 Å². The quantitative estimate of drug-likeness (QED) is 0.0261. The number of unbranched alkanes of at least 4 members (excludes halogenated alkanes) is 42. The number of esters is 3. The second kappa shape index (κ2) is 58.5. The molecule has 0 fully saturated rings. The highest BCUT2D eigenvalue weighted by Gasteiger charge is 2.19. The van der Waals surface area contributed by atoms with Crippen LogP contribution in [-0.4, -0.2) is 37.2 Å². The van der Waals surface area contributed by atoms with Gasteiger partial charge in [-0.25, -0.2) is 0 Å². The van der Waals surface area contributed by atoms with Crippen molar-refractivity contribution in [1.82, 2.24) is 0 Å². The van der Waals surface area contributed by atoms with Gasteiger partial charge in [-0.3, -0.25) is 14.4 Å². The molecule has 0 spiro atoms. The van der Waals surface area contributed by atoms with Gasteiger partial charge in [0.1, 0.15) is 13.2 Å². The minimum Gasteiger partial charge on any atom is -0.462 e. The van der Waals surface area contributed by atoms with Gasteiger partial charge in [-0.05, 0) is 51.4 Å². The molecule has 0 aromatic carbocycles. The number of allylic oxidation sites excluding steroid dienone is 4. The molecule has 0 unspecified atom stereocenters. The number of ether oxygens (including phenoxy) is 3. The molecule has 6 heteroatoms. The summed E-state index contributed by atoms with van der Waals surface area (Å²) in [6, 6.07) is 0. The Morgan fingerprint density at radius 3 is 0.826 bits per heavy atom. The van der Waals surface area contributed by atoms with Gasteiger partial charge in [-0.1, -0.05) is 295 Å². The van der Waals surface area contributed by atoms with Crippen molar-refractivity contribution in [3.8, 4) is 0 Å². The Morgan fingerprint density at radius 2 is 0.522 bits per heavy atom. The Hall–Kier alpha value is -2.11. The maximum atomic E-state index is 12.9. The average molecular weight is 972 g/mol. The summed E-state index contributed by atoms with van der Waals surface area (Å²) in [5.74, 6) is -0.847. The van der Waals surface area contributed by atoms with E-state index in [9.17, 15) is 14.4 Å². The van der Waals surface area contributed by atoms with Gasteiger partial charge in [0.05, 0.1) is 0 Å². The van der Waals surface area contributed by atoms with E-state index in [-0.39, 0.29) is 31.1 Å². The molecule has 0 aromatic heterocycles. The second-order valence-electron chi connectivity index (χ2n) is 21.0. The van der Waals surface area contributed by atoms with Crippen molar-refractivity contribution in [3.05, 3.63) is 24.3 Å². The van der Waals surface area contributed by atoms with E-state index in [4.69, 9.17) is 14.2 Å². The molecule has 1 atom stereocenters. The van der Waals surface area contributed by atoms with Crippen LogP contribution in [0.3, 0.4) is 0 Å². The molecular weight excluding hydrogens is 853 g/mol. The molecule has 0 amide bonds. The number of carbonyl (C=O) groups is 3. The van der Waals surface area contributed by atoms with E-state index in [0.717, 1.165) is 64.2 Å². The van der Waals surface area contributed by atoms with E-state index in [1.807, 2.05) is 0 Å². The van der Waals surface area contributed by atoms with Crippen LogP contribution in [-0.2, 0) is 28.6 Å². The lowest BCUT2D eigenvalue weighted by molar-refractivity contribution is -0.167. The molecule has 0 aliphatic heterocycles. The average Bonchev–Trinajstić information content (AvgIpc) is 3.35. The smallest absolute Gasteiger partial charge is 0.306 e. The predicted octanol–water partition coefficient (Wildman–Crippen LogP) is 20.7. The van der Waals surface area contributed by atoms with Crippen LogP contribution in [0.5, 0.6) is 0 Å². The Labute approximate surface area is 430 Å². The summed E-state index contributed by atoms with van der Waals surface area (Å²) >= 11 is 0. The van der Waals surface area contributed by atoms with Crippen LogP contribution in [0.25, 0.3) is 0 Å². The first-order valence-corrected chi connectivity index (χ1v) is 30.8. The summed E-state index contributed by atoms with van der Waals surface area (Å²) in [6.45, 7) is 6.67. The summed E-state index contributed by atoms with van der Waals surface area (Å²) in [4.78, 5) is 38.2. The first-order chi connectivity index (χ1) is 34.0. The number of carbonyl (C=O) groups excluding carboxylic acids is 3. The van der Waals surface area contributed by atoms with Gasteiger partial charge in [-0.2, -0.15) is 0 Å². The molecule has 0 heterocycles. The fourth-order valence-electron chi connectivity index (χ4n) is 9.30. The van der Waals surface area contributed by atoms with Crippen molar-refractivity contribution in [2.24, 2.45) is 0 Å². The second-order valence-corrected chi connectivity index (χ2v) is 21.0. The highest BCUT2D eigenvalue weighted by molar-refractivity contribution is 5.71. The first-order valence-electron chi connectivity index (χ1n) is 30.8. The zero-order chi connectivity index (χ0) is 50.0. The molecule has 69 heavy (non-hydrogen) atoms. The van der Waals surface area contributed by atoms with Crippen LogP contribution in [0.4, 0.5) is 0 Å². The van der Waals surface area contributed by atoms with Crippen LogP contribution in [0, 0.1) is 0 Å². The monoisotopic (exact) mass is 971 g/mol. The fourth-order valence-corrected chi connectivity index (χ4v) is 9.30. The minimum atomic E-state index is -0.768. The van der Waals surface area contributed by atoms with Gasteiger partial charge in [0, 0.05) is 19.3 Å². The van der Waals surface area contributed by atoms with Crippen LogP contribution in [0.1, 0.15) is 342 Å². The lowest BCUT2D eigenvalue weighted by Crippen LogP contribution is -2.30. The van der Waals surface area contributed by atoms with E-state index in [0.29, 0.717) is 19.3 Å². The third-order valence-corrected chi connectivity index (χ3v) is 14.0. The third-order valence-electron chi connectivity index (χ3n) is 14.0. The standard InChI is InChI=1S/C63H118O6/c1-4-7-10-13-16-19-22-24-26-28-30-31-33-35-37-39-42-45-48-51-54-57-63(66)69-60(58-67-61(64)55-52-49-46-43-40-21-18-15-12-9-6-3)59-68-62(65)56-53-50-47-44-41-38-36-34-32-29-27-25-23-20-17-14-11-8-5-2/h17,20,25,27,60H,4-16,18-19,21-24,26,28-59H2,1-3H3/b20-17-,27-25-/t60-/m0/s1. The molecule has 0 aromatic rings. The van der Waals surface area contributed by atoms with E-state index >= 15 is 0 Å². The number of hydrogen-bond donors (Lipinski definition) is 0. The molecule has 6 nitrogen and oxygen atoms in total. The van der Waals surface area contributed by atoms with Crippen molar-refractivity contribution in [1.29, 1.82) is 0 Å². The highest BCUT2D eigenvalue weighted by atomic mass is 16.6. The summed E-state index contributed by atoms with van der Waals surface area (Å²) in [5.41, 5.74) is 0. The molecule has 0 rings (SSSR count). The zero-order valence-corrected chi connectivity index (χ0v) is 46.6. The highest BCUT2D eigenvalue weighted by Crippen LogP contribution is 2.18. The zero-order valence-electron chi connectivity index (χ0n) is 46.6. The minimum absolute atomic E-state index is 0.0667. The fraction of sp³-hybridized carbons (Fsp3) is 0.889. The maximum absolute atomic E-state index is 12.9. The third kappa shape index (κ3) is 56.7. The molecule has 0 aliphatic rings. The topological polar surface area (TPSA) is 78.9 Å². The lowest BCUT2D eigenvalue weighted by Gasteiger charge is -2.18. The Bertz CT molecular complexity index is 1110. The Morgan fingerprint density at radius 1 is 0.290 bits per heavy atom. The predicted molar refractivity (Wildman–Crippen MR) is 298 cm³/mol. The number of hydrogen-bond acceptors (Lipinski definition) is 6. The van der Waals surface area contributed by atoms with E-state index < -0.39 is 6.10 Å². The molecule has 0 saturated heterocycles. The van der Waals surface area contributed by atoms with Gasteiger partial charge >= 0.3 is 17.9 Å². The molecule has 406 valence electrons. The maximum Gasteiger partial charge on any atom is 0.306 e. The molecule has 0 saturated carbocycles. The van der Waals surface area contributed by atoms with Gasteiger partial charge in [-0.15, -0.1) is 0 Å². The molecule has 0 aliphatic carbocycles. The van der Waals surface area contributed by atoms with E-state index in [1.165, 1.54) is 238 Å². The van der Waals surface area contributed by atoms with Crippen LogP contribution >= 0.6 is 0 Å². The van der Waals surface area contributed by atoms with E-state index in [1.54, 1.807) is 0 Å². The first kappa shape index (κ1) is 66.9. The van der Waals surface area contributed by atoms with Crippen LogP contribution < -0.4 is 0 Å². The SMILES string of the molecule is CCCCC/C=C\C/C=C\CCCCCCCCCCCC(=O)OC[C@H](COC(=O)CCCCCCCCCCCCC)OC(=O)CCCCCCCCCCCCCCCCCCCCCCC. The van der Waals surface area contributed by atoms with Crippen LogP contribution in [0.2, 0.25) is 0 Å². The largest absolute Gasteiger partial charge is 0.462 e. The summed E-state index contributed by atoms with van der Waals surface area (Å²) < 4.78 is 16.9. The Balaban J connectivity index is 4.25. The van der Waals surface area contributed by atoms with Gasteiger partial charge in [0.2, 0.25) is 0 Å². The molecular formula is C63H118O6. The number of rotatable bonds is 57. The molecule has 0 bridgehead atoms. The van der Waals surface area contributed by atoms with Crippen molar-refractivity contribution in [2.75, 3.05) is 13.2 Å². The molecule has 0 radical (unpaired) electrons. The lowest BCUT2D eigenvalue weighted by atomic mass is 10.0.